The van der Waals surface area contributed by atoms with Crippen LogP contribution in [-0.2, 0) is 78.3 Å². The highest BCUT2D eigenvalue weighted by Gasteiger charge is 2.37. The molecule has 11 atom stereocenters. The predicted molar refractivity (Wildman–Crippen MR) is 369 cm³/mol. The summed E-state index contributed by atoms with van der Waals surface area (Å²) in [4.78, 5) is 223. The summed E-state index contributed by atoms with van der Waals surface area (Å²) in [5.41, 5.74) is 39.4. The number of hydrogen-bond acceptors (Lipinski definition) is 23. The number of carbonyl (C=O) groups excluding carboxylic acids is 14. The smallest absolute Gasteiger partial charge is 0.303 e. The van der Waals surface area contributed by atoms with Gasteiger partial charge in [-0.05, 0) is 63.2 Å². The highest BCUT2D eigenvalue weighted by molar-refractivity contribution is 8.78. The van der Waals surface area contributed by atoms with Crippen LogP contribution >= 0.6 is 43.2 Å². The fourth-order valence-corrected chi connectivity index (χ4v) is 15.3. The molecule has 3 heterocycles. The Morgan fingerprint density at radius 3 is 1.72 bits per heavy atom. The van der Waals surface area contributed by atoms with E-state index in [2.05, 4.69) is 83.8 Å². The summed E-state index contributed by atoms with van der Waals surface area (Å²) in [5.74, 6) is -17.4. The van der Waals surface area contributed by atoms with Crippen molar-refractivity contribution in [2.24, 2.45) is 62.0 Å². The molecule has 14 amide bonds. The maximum atomic E-state index is 14.8. The number of imidazole rings is 1. The molecule has 2 fully saturated rings. The fourth-order valence-electron chi connectivity index (χ4n) is 9.41. The normalized spacial score (nSPS) is 23.9. The molecule has 1 aromatic rings. The monoisotopic (exact) mass is 1470 g/mol. The molecule has 0 radical (unpaired) electrons. The van der Waals surface area contributed by atoms with Crippen molar-refractivity contribution >= 4 is 144 Å². The van der Waals surface area contributed by atoms with Crippen molar-refractivity contribution in [1.29, 1.82) is 0 Å². The van der Waals surface area contributed by atoms with Crippen molar-refractivity contribution in [3.8, 4) is 0 Å². The Hall–Kier alpha value is -8.84. The number of primary amides is 2. The van der Waals surface area contributed by atoms with Gasteiger partial charge < -0.3 is 114 Å². The average Bonchev–Trinajstić information content (AvgIpc) is 1.28. The van der Waals surface area contributed by atoms with E-state index in [0.29, 0.717) is 0 Å². The number of carbonyl (C=O) groups is 15. The summed E-state index contributed by atoms with van der Waals surface area (Å²) in [6, 6.07) is -15.9. The Labute approximate surface area is 585 Å². The summed E-state index contributed by atoms with van der Waals surface area (Å²) < 4.78 is 0. The topological polar surface area (TPSA) is 656 Å². The first-order valence-electron chi connectivity index (χ1n) is 31.4. The van der Waals surface area contributed by atoms with Crippen LogP contribution in [0.15, 0.2) is 22.5 Å². The molecule has 0 aliphatic carbocycles. The van der Waals surface area contributed by atoms with Crippen LogP contribution in [0.4, 0.5) is 0 Å². The van der Waals surface area contributed by atoms with E-state index in [1.165, 1.54) is 12.5 Å². The first kappa shape index (κ1) is 84.4. The minimum Gasteiger partial charge on any atom is -0.481 e. The molecule has 2 aliphatic heterocycles. The van der Waals surface area contributed by atoms with E-state index in [1.807, 2.05) is 0 Å². The van der Waals surface area contributed by atoms with Gasteiger partial charge in [0.15, 0.2) is 11.9 Å². The second kappa shape index (κ2) is 44.2. The lowest BCUT2D eigenvalue weighted by Gasteiger charge is -2.28. The molecule has 2 saturated heterocycles. The van der Waals surface area contributed by atoms with Crippen molar-refractivity contribution in [3.63, 3.8) is 0 Å². The van der Waals surface area contributed by atoms with Crippen LogP contribution in [-0.4, -0.2) is 231 Å². The van der Waals surface area contributed by atoms with Crippen molar-refractivity contribution in [2.75, 3.05) is 50.0 Å². The van der Waals surface area contributed by atoms with E-state index in [0.717, 1.165) is 43.2 Å². The molecule has 1 aromatic heterocycles. The number of hydrogen-bond donors (Lipinski definition) is 21. The maximum absolute atomic E-state index is 14.8. The molecular formula is C56H93N23O16S4. The zero-order chi connectivity index (χ0) is 73.9. The number of aromatic nitrogens is 2. The number of aliphatic carboxylic acids is 1. The van der Waals surface area contributed by atoms with E-state index in [4.69, 9.17) is 40.1 Å². The lowest BCUT2D eigenvalue weighted by Crippen LogP contribution is -2.61. The number of carboxylic acids is 1. The molecule has 2 bridgehead atoms. The molecule has 28 N–H and O–H groups in total. The molecule has 39 nitrogen and oxygen atoms in total. The number of nitrogens with zero attached hydrogens (tertiary/aromatic N) is 3. The Morgan fingerprint density at radius 2 is 1.15 bits per heavy atom. The fraction of sp³-hybridized carbons (Fsp3) is 0.643. The van der Waals surface area contributed by atoms with Gasteiger partial charge in [0, 0.05) is 60.3 Å². The van der Waals surface area contributed by atoms with Crippen molar-refractivity contribution in [1.82, 2.24) is 73.8 Å². The van der Waals surface area contributed by atoms with Crippen LogP contribution in [0.5, 0.6) is 0 Å². The highest BCUT2D eigenvalue weighted by atomic mass is 33.1. The molecular weight excluding hydrogens is 1380 g/mol. The number of aromatic amines is 1. The number of guanidine groups is 2. The van der Waals surface area contributed by atoms with E-state index in [-0.39, 0.29) is 99.0 Å². The van der Waals surface area contributed by atoms with E-state index < -0.39 is 205 Å². The Kier molecular flexibility index (Phi) is 37.7. The summed E-state index contributed by atoms with van der Waals surface area (Å²) in [5, 5.41) is 39.0. The SMILES string of the molecule is CC(C)C[C@H](NC(=O)[C@@H]1CSS[C@@H]2CSSC[C@H](NC(=O)CNC(=O)[C@H](CCCN=C(N)N)NC(=O)CNC(=O)[C@H](CC(C)C)NC(=O)[C@@H](NC(=O)CN)C2)C(=O)N[C@@H](CCC(=O)O)C(=O)N[C@@H](CC(N)=O)C(=O)N[C@@H](Cc2cnc[nH]2)C(=O)N[C@@H](CCCN=C(N)N)C(=O)N1)C(N)=O. The van der Waals surface area contributed by atoms with Crippen molar-refractivity contribution in [2.45, 2.75) is 164 Å². The average molecular weight is 1470 g/mol. The molecule has 0 unspecified atom stereocenters. The van der Waals surface area contributed by atoms with Crippen LogP contribution in [0.3, 0.4) is 0 Å². The number of fused-ring (bicyclic) bond motifs is 5. The van der Waals surface area contributed by atoms with Gasteiger partial charge in [0.1, 0.15) is 60.4 Å². The number of aliphatic imine (C=N–C) groups is 2. The molecule has 99 heavy (non-hydrogen) atoms. The Balaban J connectivity index is 2.40. The first-order valence-corrected chi connectivity index (χ1v) is 36.3. The molecule has 0 saturated carbocycles. The summed E-state index contributed by atoms with van der Waals surface area (Å²) in [6.07, 6.45) is -0.798. The maximum Gasteiger partial charge on any atom is 0.303 e. The van der Waals surface area contributed by atoms with Crippen LogP contribution in [0.25, 0.3) is 0 Å². The third-order valence-electron chi connectivity index (χ3n) is 14.3. The second-order valence-electron chi connectivity index (χ2n) is 23.7. The third-order valence-corrected chi connectivity index (χ3v) is 19.9. The van der Waals surface area contributed by atoms with Crippen LogP contribution in [0, 0.1) is 11.8 Å². The largest absolute Gasteiger partial charge is 0.481 e. The van der Waals surface area contributed by atoms with E-state index >= 15 is 0 Å². The van der Waals surface area contributed by atoms with Gasteiger partial charge in [0.2, 0.25) is 82.7 Å². The Morgan fingerprint density at radius 1 is 0.616 bits per heavy atom. The molecule has 552 valence electrons. The van der Waals surface area contributed by atoms with E-state index in [9.17, 15) is 77.0 Å². The van der Waals surface area contributed by atoms with Gasteiger partial charge in [-0.25, -0.2) is 4.98 Å². The lowest BCUT2D eigenvalue weighted by atomic mass is 10.0. The first-order chi connectivity index (χ1) is 46.7. The molecule has 3 rings (SSSR count). The Bertz CT molecular complexity index is 3030. The van der Waals surface area contributed by atoms with Gasteiger partial charge in [-0.2, -0.15) is 0 Å². The number of nitrogens with two attached hydrogens (primary N) is 7. The standard InChI is InChI=1S/C56H93N23O16S4/c1-26(2)13-33(45(59)86)75-54(95)39-24-98-99-29-16-36(71-41(81)18-57)51(92)76-34(14-27(3)4)47(88)68-20-42(82)70-30(7-5-11-65-55(60)61)46(87)67-21-43(83)72-38(23-97-96-22-29)53(94)74-32(9-10-44(84)85)49(90)78-37(17-40(58)80)52(93)77-35(15-28-19-64-25-69-28)50(91)73-31(48(89)79-39)8-6-12-66-56(62)63/h19,25-27,29-39H,5-18,20-24,57H2,1-4H3,(H2,58,80)(H2,59,86)(H,64,69)(H,67,87)(H,68,88)(H,70,82)(H,71,81)(H,72,83)(H,73,91)(H,74,94)(H,75,95)(H,76,92)(H,77,93)(H,78,90)(H,79,89)(H,84,85)(H4,60,61,65)(H4,62,63,66)/t29-,30-,31-,32-,33-,34-,35-,36-,37-,38-,39-/m0/s1. The van der Waals surface area contributed by atoms with Gasteiger partial charge in [0.05, 0.1) is 32.4 Å². The van der Waals surface area contributed by atoms with Gasteiger partial charge in [-0.1, -0.05) is 70.9 Å². The number of nitrogens with one attached hydrogen (secondary N) is 13. The van der Waals surface area contributed by atoms with Crippen LogP contribution in [0.1, 0.15) is 97.6 Å². The van der Waals surface area contributed by atoms with Gasteiger partial charge in [-0.15, -0.1) is 0 Å². The zero-order valence-corrected chi connectivity index (χ0v) is 58.4. The predicted octanol–water partition coefficient (Wildman–Crippen LogP) is -8.04. The molecule has 0 spiro atoms. The number of H-pyrrole nitrogens is 1. The number of carboxylic acid groups (broad SMARTS) is 1. The van der Waals surface area contributed by atoms with Gasteiger partial charge in [0.25, 0.3) is 0 Å². The van der Waals surface area contributed by atoms with E-state index in [1.54, 1.807) is 27.7 Å². The quantitative estimate of drug-likeness (QED) is 0.0198. The van der Waals surface area contributed by atoms with Crippen molar-refractivity contribution < 1.29 is 77.0 Å². The number of amides is 14. The summed E-state index contributed by atoms with van der Waals surface area (Å²) in [6.45, 7) is 4.71. The van der Waals surface area contributed by atoms with Gasteiger partial charge in [-0.3, -0.25) is 81.9 Å². The molecule has 43 heteroatoms. The molecule has 0 aromatic carbocycles. The summed E-state index contributed by atoms with van der Waals surface area (Å²) in [7, 11) is 3.94. The highest BCUT2D eigenvalue weighted by Crippen LogP contribution is 2.36. The van der Waals surface area contributed by atoms with Crippen LogP contribution < -0.4 is 104 Å². The zero-order valence-electron chi connectivity index (χ0n) is 55.2. The minimum absolute atomic E-state index is 0.00270. The lowest BCUT2D eigenvalue weighted by molar-refractivity contribution is -0.138. The number of rotatable bonds is 24. The summed E-state index contributed by atoms with van der Waals surface area (Å²) >= 11 is 0. The molecule has 2 aliphatic rings. The van der Waals surface area contributed by atoms with Crippen LogP contribution in [0.2, 0.25) is 0 Å². The van der Waals surface area contributed by atoms with Gasteiger partial charge >= 0.3 is 5.97 Å². The van der Waals surface area contributed by atoms with Crippen molar-refractivity contribution in [3.05, 3.63) is 18.2 Å². The second-order valence-corrected chi connectivity index (χ2v) is 28.9. The minimum atomic E-state index is -1.97. The third kappa shape index (κ3) is 33.5.